The first kappa shape index (κ1) is 15.1. The summed E-state index contributed by atoms with van der Waals surface area (Å²) >= 11 is 0. The predicted molar refractivity (Wildman–Crippen MR) is 61.8 cm³/mol. The van der Waals surface area contributed by atoms with Crippen LogP contribution in [-0.4, -0.2) is 16.9 Å². The van der Waals surface area contributed by atoms with Gasteiger partial charge in [0.2, 0.25) is 0 Å². The minimum absolute atomic E-state index is 0.146. The van der Waals surface area contributed by atoms with Gasteiger partial charge in [-0.25, -0.2) is 0 Å². The largest absolute Gasteiger partial charge is 0.395 e. The van der Waals surface area contributed by atoms with E-state index in [1.807, 2.05) is 0 Å². The molecule has 0 bridgehead atoms. The molecule has 0 spiro atoms. The molecule has 0 unspecified atom stereocenters. The van der Waals surface area contributed by atoms with Crippen molar-refractivity contribution in [1.29, 1.82) is 0 Å². The Hall–Kier alpha value is -1.92. The van der Waals surface area contributed by atoms with Gasteiger partial charge in [-0.1, -0.05) is 19.1 Å². The minimum Gasteiger partial charge on any atom is -0.299 e. The minimum atomic E-state index is -4.51. The molecule has 7 heteroatoms. The fraction of sp³-hybridized carbons (Fsp3) is 0.417. The first-order chi connectivity index (χ1) is 8.69. The van der Waals surface area contributed by atoms with E-state index in [0.29, 0.717) is 5.56 Å². The number of alkyl halides is 3. The van der Waals surface area contributed by atoms with E-state index in [9.17, 15) is 28.1 Å². The van der Waals surface area contributed by atoms with Crippen molar-refractivity contribution in [3.8, 4) is 0 Å². The summed E-state index contributed by atoms with van der Waals surface area (Å²) in [5.74, 6) is -1.42. The molecule has 0 radical (unpaired) electrons. The number of carbonyl (C=O) groups is 1. The van der Waals surface area contributed by atoms with Crippen LogP contribution < -0.4 is 0 Å². The standard InChI is InChI=1S/C12H12F3NO3/c1-8(5-11(17)7-12(13,14)15)9-3-2-4-10(6-9)16(18)19/h2-4,6,8H,5,7H2,1H3/t8-/m1/s1. The molecule has 0 saturated carbocycles. The highest BCUT2D eigenvalue weighted by molar-refractivity contribution is 5.79. The number of hydrogen-bond donors (Lipinski definition) is 0. The number of halogens is 3. The molecule has 0 heterocycles. The highest BCUT2D eigenvalue weighted by Crippen LogP contribution is 2.26. The summed E-state index contributed by atoms with van der Waals surface area (Å²) in [4.78, 5) is 21.2. The van der Waals surface area contributed by atoms with Gasteiger partial charge in [-0.05, 0) is 11.5 Å². The number of nitro groups is 1. The Morgan fingerprint density at radius 3 is 2.58 bits per heavy atom. The highest BCUT2D eigenvalue weighted by Gasteiger charge is 2.31. The van der Waals surface area contributed by atoms with Crippen LogP contribution >= 0.6 is 0 Å². The second-order valence-corrected chi connectivity index (χ2v) is 4.29. The van der Waals surface area contributed by atoms with Crippen molar-refractivity contribution < 1.29 is 22.9 Å². The molecule has 0 aliphatic heterocycles. The molecular weight excluding hydrogens is 263 g/mol. The average molecular weight is 275 g/mol. The summed E-state index contributed by atoms with van der Waals surface area (Å²) in [7, 11) is 0. The SMILES string of the molecule is C[C@H](CC(=O)CC(F)(F)F)c1cccc([N+](=O)[O-])c1. The third kappa shape index (κ3) is 5.07. The summed E-state index contributed by atoms with van der Waals surface area (Å²) in [5.41, 5.74) is 0.331. The van der Waals surface area contributed by atoms with E-state index in [-0.39, 0.29) is 12.1 Å². The zero-order chi connectivity index (χ0) is 14.6. The first-order valence-electron chi connectivity index (χ1n) is 5.52. The molecule has 0 N–H and O–H groups in total. The number of Topliss-reactive ketones (excluding diaryl/α,β-unsaturated/α-hetero) is 1. The van der Waals surface area contributed by atoms with Gasteiger partial charge in [-0.2, -0.15) is 13.2 Å². The van der Waals surface area contributed by atoms with Gasteiger partial charge in [-0.3, -0.25) is 14.9 Å². The van der Waals surface area contributed by atoms with Crippen LogP contribution in [0, 0.1) is 10.1 Å². The van der Waals surface area contributed by atoms with Crippen LogP contribution in [0.1, 0.15) is 31.2 Å². The molecule has 1 aromatic carbocycles. The summed E-state index contributed by atoms with van der Waals surface area (Å²) in [6.07, 6.45) is -6.27. The van der Waals surface area contributed by atoms with Crippen molar-refractivity contribution >= 4 is 11.5 Å². The molecule has 0 amide bonds. The molecule has 1 rings (SSSR count). The maximum atomic E-state index is 12.0. The Balaban J connectivity index is 2.73. The number of rotatable bonds is 5. The lowest BCUT2D eigenvalue weighted by molar-refractivity contribution is -0.384. The Morgan fingerprint density at radius 2 is 2.05 bits per heavy atom. The Kier molecular flexibility index (Phi) is 4.63. The second-order valence-electron chi connectivity index (χ2n) is 4.29. The second kappa shape index (κ2) is 5.81. The lowest BCUT2D eigenvalue weighted by atomic mass is 9.94. The molecule has 0 aromatic heterocycles. The normalized spacial score (nSPS) is 13.1. The molecule has 1 aromatic rings. The number of carbonyl (C=O) groups excluding carboxylic acids is 1. The Morgan fingerprint density at radius 1 is 1.42 bits per heavy atom. The third-order valence-corrected chi connectivity index (χ3v) is 2.58. The first-order valence-corrected chi connectivity index (χ1v) is 5.52. The fourth-order valence-electron chi connectivity index (χ4n) is 1.70. The highest BCUT2D eigenvalue weighted by atomic mass is 19.4. The van der Waals surface area contributed by atoms with Crippen LogP contribution in [0.25, 0.3) is 0 Å². The van der Waals surface area contributed by atoms with Gasteiger partial charge in [0, 0.05) is 18.6 Å². The van der Waals surface area contributed by atoms with Crippen LogP contribution in [0.3, 0.4) is 0 Å². The van der Waals surface area contributed by atoms with E-state index in [1.165, 1.54) is 18.2 Å². The van der Waals surface area contributed by atoms with Gasteiger partial charge in [0.25, 0.3) is 5.69 Å². The van der Waals surface area contributed by atoms with Gasteiger partial charge in [0.05, 0.1) is 4.92 Å². The monoisotopic (exact) mass is 275 g/mol. The lowest BCUT2D eigenvalue weighted by Crippen LogP contribution is -2.16. The molecule has 0 fully saturated rings. The maximum absolute atomic E-state index is 12.0. The van der Waals surface area contributed by atoms with E-state index in [1.54, 1.807) is 13.0 Å². The molecule has 0 saturated heterocycles. The molecule has 1 atom stereocenters. The van der Waals surface area contributed by atoms with Gasteiger partial charge >= 0.3 is 6.18 Å². The van der Waals surface area contributed by atoms with Crippen molar-refractivity contribution in [3.63, 3.8) is 0 Å². The van der Waals surface area contributed by atoms with Gasteiger partial charge in [0.1, 0.15) is 12.2 Å². The molecular formula is C12H12F3NO3. The van der Waals surface area contributed by atoms with E-state index in [2.05, 4.69) is 0 Å². The zero-order valence-electron chi connectivity index (χ0n) is 10.1. The van der Waals surface area contributed by atoms with Gasteiger partial charge in [0.15, 0.2) is 0 Å². The number of hydrogen-bond acceptors (Lipinski definition) is 3. The van der Waals surface area contributed by atoms with Crippen molar-refractivity contribution in [1.82, 2.24) is 0 Å². The summed E-state index contributed by atoms with van der Waals surface area (Å²) < 4.78 is 36.1. The van der Waals surface area contributed by atoms with Gasteiger partial charge < -0.3 is 0 Å². The van der Waals surface area contributed by atoms with E-state index in [4.69, 9.17) is 0 Å². The maximum Gasteiger partial charge on any atom is 0.395 e. The summed E-state index contributed by atoms with van der Waals surface area (Å²) in [5, 5.41) is 10.6. The van der Waals surface area contributed by atoms with Crippen LogP contribution in [0.5, 0.6) is 0 Å². The van der Waals surface area contributed by atoms with Crippen molar-refractivity contribution in [2.45, 2.75) is 31.9 Å². The lowest BCUT2D eigenvalue weighted by Gasteiger charge is -2.12. The third-order valence-electron chi connectivity index (χ3n) is 2.58. The van der Waals surface area contributed by atoms with E-state index < -0.39 is 29.2 Å². The van der Waals surface area contributed by atoms with Crippen LogP contribution in [0.15, 0.2) is 24.3 Å². The molecule has 19 heavy (non-hydrogen) atoms. The number of nitro benzene ring substituents is 1. The number of nitrogens with zero attached hydrogens (tertiary/aromatic N) is 1. The topological polar surface area (TPSA) is 60.2 Å². The molecule has 0 aliphatic rings. The number of benzene rings is 1. The van der Waals surface area contributed by atoms with E-state index >= 15 is 0 Å². The predicted octanol–water partition coefficient (Wildman–Crippen LogP) is 3.61. The zero-order valence-corrected chi connectivity index (χ0v) is 10.1. The Labute approximate surface area is 107 Å². The average Bonchev–Trinajstić information content (AvgIpc) is 2.26. The summed E-state index contributed by atoms with van der Waals surface area (Å²) in [6.45, 7) is 1.56. The Bertz CT molecular complexity index is 485. The summed E-state index contributed by atoms with van der Waals surface area (Å²) in [6, 6.07) is 5.55. The fourth-order valence-corrected chi connectivity index (χ4v) is 1.70. The quantitative estimate of drug-likeness (QED) is 0.609. The van der Waals surface area contributed by atoms with E-state index in [0.717, 1.165) is 0 Å². The molecule has 4 nitrogen and oxygen atoms in total. The van der Waals surface area contributed by atoms with Crippen molar-refractivity contribution in [2.75, 3.05) is 0 Å². The van der Waals surface area contributed by atoms with Gasteiger partial charge in [-0.15, -0.1) is 0 Å². The number of non-ortho nitro benzene ring substituents is 1. The van der Waals surface area contributed by atoms with Crippen LogP contribution in [0.4, 0.5) is 18.9 Å². The van der Waals surface area contributed by atoms with Crippen molar-refractivity contribution in [2.24, 2.45) is 0 Å². The molecule has 0 aliphatic carbocycles. The number of ketones is 1. The smallest absolute Gasteiger partial charge is 0.299 e. The van der Waals surface area contributed by atoms with Crippen LogP contribution in [0.2, 0.25) is 0 Å². The molecule has 104 valence electrons. The van der Waals surface area contributed by atoms with Crippen molar-refractivity contribution in [3.05, 3.63) is 39.9 Å². The van der Waals surface area contributed by atoms with Crippen LogP contribution in [-0.2, 0) is 4.79 Å².